The number of aromatic nitrogens is 2. The Morgan fingerprint density at radius 2 is 1.53 bits per heavy atom. The molecular formula is C22H16Cl2N4O2. The average Bonchev–Trinajstić information content (AvgIpc) is 3.09. The summed E-state index contributed by atoms with van der Waals surface area (Å²) in [6, 6.07) is 21.9. The van der Waals surface area contributed by atoms with E-state index in [4.69, 9.17) is 28.9 Å². The quantitative estimate of drug-likeness (QED) is 0.474. The maximum absolute atomic E-state index is 12.9. The van der Waals surface area contributed by atoms with Crippen LogP contribution < -0.4 is 10.6 Å². The molecule has 2 N–H and O–H groups in total. The van der Waals surface area contributed by atoms with E-state index in [0.29, 0.717) is 12.1 Å². The van der Waals surface area contributed by atoms with Crippen LogP contribution in [0, 0.1) is 0 Å². The van der Waals surface area contributed by atoms with Gasteiger partial charge >= 0.3 is 11.8 Å². The van der Waals surface area contributed by atoms with Crippen LogP contribution in [0.2, 0.25) is 10.0 Å². The molecule has 0 aliphatic rings. The molecule has 0 bridgehead atoms. The molecule has 0 unspecified atom stereocenters. The smallest absolute Gasteiger partial charge is 0.323 e. The van der Waals surface area contributed by atoms with E-state index in [2.05, 4.69) is 4.98 Å². The Balaban J connectivity index is 1.99. The Kier molecular flexibility index (Phi) is 5.44. The van der Waals surface area contributed by atoms with E-state index in [-0.39, 0.29) is 21.7 Å². The van der Waals surface area contributed by atoms with E-state index in [1.807, 2.05) is 59.2 Å². The summed E-state index contributed by atoms with van der Waals surface area (Å²) < 4.78 is 1.82. The van der Waals surface area contributed by atoms with Gasteiger partial charge in [-0.2, -0.15) is 0 Å². The molecule has 0 fully saturated rings. The number of carbonyl (C=O) groups excluding carboxylic acids is 2. The lowest BCUT2D eigenvalue weighted by molar-refractivity contribution is -0.135. The molecule has 3 aromatic carbocycles. The summed E-state index contributed by atoms with van der Waals surface area (Å²) >= 11 is 12.7. The van der Waals surface area contributed by atoms with Crippen molar-refractivity contribution in [2.45, 2.75) is 6.54 Å². The Hall–Kier alpha value is -3.35. The highest BCUT2D eigenvalue weighted by molar-refractivity contribution is 6.46. The van der Waals surface area contributed by atoms with E-state index in [9.17, 15) is 9.59 Å². The summed E-state index contributed by atoms with van der Waals surface area (Å²) in [6.45, 7) is 0.404. The molecule has 0 radical (unpaired) electrons. The summed E-state index contributed by atoms with van der Waals surface area (Å²) in [5.74, 6) is -1.95. The van der Waals surface area contributed by atoms with E-state index >= 15 is 0 Å². The number of nitrogens with zero attached hydrogens (tertiary/aromatic N) is 3. The number of primary amides is 1. The van der Waals surface area contributed by atoms with Gasteiger partial charge < -0.3 is 10.3 Å². The summed E-state index contributed by atoms with van der Waals surface area (Å²) in [5, 5.41) is 0.380. The Morgan fingerprint density at radius 1 is 0.900 bits per heavy atom. The zero-order chi connectivity index (χ0) is 21.3. The molecule has 8 heteroatoms. The predicted molar refractivity (Wildman–Crippen MR) is 118 cm³/mol. The Bertz CT molecular complexity index is 1230. The summed E-state index contributed by atoms with van der Waals surface area (Å²) in [6.07, 6.45) is 0. The largest absolute Gasteiger partial charge is 0.361 e. The lowest BCUT2D eigenvalue weighted by atomic mass is 10.2. The fraction of sp³-hybridized carbons (Fsp3) is 0.0455. The van der Waals surface area contributed by atoms with E-state index in [1.54, 1.807) is 18.2 Å². The number of benzene rings is 3. The molecule has 30 heavy (non-hydrogen) atoms. The number of amides is 2. The minimum absolute atomic E-state index is 0.147. The van der Waals surface area contributed by atoms with Gasteiger partial charge in [0.2, 0.25) is 5.95 Å². The minimum atomic E-state index is -1.15. The molecule has 0 saturated heterocycles. The van der Waals surface area contributed by atoms with Crippen molar-refractivity contribution in [3.63, 3.8) is 0 Å². The molecule has 0 aliphatic heterocycles. The molecule has 2 amide bonds. The Morgan fingerprint density at radius 3 is 2.20 bits per heavy atom. The fourth-order valence-corrected chi connectivity index (χ4v) is 3.83. The summed E-state index contributed by atoms with van der Waals surface area (Å²) in [5.41, 5.74) is 7.91. The second kappa shape index (κ2) is 8.18. The second-order valence-corrected chi connectivity index (χ2v) is 7.36. The van der Waals surface area contributed by atoms with Crippen molar-refractivity contribution in [2.24, 2.45) is 5.73 Å². The van der Waals surface area contributed by atoms with Crippen molar-refractivity contribution in [3.05, 3.63) is 88.4 Å². The molecular weight excluding hydrogens is 423 g/mol. The maximum Gasteiger partial charge on any atom is 0.323 e. The first-order valence-corrected chi connectivity index (χ1v) is 9.80. The highest BCUT2D eigenvalue weighted by Gasteiger charge is 2.31. The number of hydrogen-bond donors (Lipinski definition) is 1. The number of imidazole rings is 1. The second-order valence-electron chi connectivity index (χ2n) is 6.55. The average molecular weight is 439 g/mol. The minimum Gasteiger partial charge on any atom is -0.361 e. The first-order valence-electron chi connectivity index (χ1n) is 9.04. The monoisotopic (exact) mass is 438 g/mol. The molecule has 0 spiro atoms. The Labute approximate surface area is 182 Å². The van der Waals surface area contributed by atoms with Gasteiger partial charge in [0.05, 0.1) is 33.3 Å². The molecule has 4 rings (SSSR count). The maximum atomic E-state index is 12.9. The van der Waals surface area contributed by atoms with Crippen LogP contribution in [0.5, 0.6) is 0 Å². The normalized spacial score (nSPS) is 10.9. The summed E-state index contributed by atoms with van der Waals surface area (Å²) in [7, 11) is 0. The number of rotatable bonds is 4. The van der Waals surface area contributed by atoms with Gasteiger partial charge in [0.25, 0.3) is 0 Å². The van der Waals surface area contributed by atoms with Crippen molar-refractivity contribution < 1.29 is 9.59 Å². The van der Waals surface area contributed by atoms with Crippen LogP contribution in [0.3, 0.4) is 0 Å². The number of para-hydroxylation sites is 3. The van der Waals surface area contributed by atoms with Gasteiger partial charge in [-0.3, -0.25) is 9.59 Å². The van der Waals surface area contributed by atoms with E-state index in [1.165, 1.54) is 0 Å². The van der Waals surface area contributed by atoms with Gasteiger partial charge in [-0.05, 0) is 29.8 Å². The van der Waals surface area contributed by atoms with Crippen LogP contribution in [-0.4, -0.2) is 21.4 Å². The third kappa shape index (κ3) is 3.63. The number of anilines is 2. The third-order valence-corrected chi connectivity index (χ3v) is 5.20. The molecule has 4 aromatic rings. The lowest BCUT2D eigenvalue weighted by Gasteiger charge is -2.23. The van der Waals surface area contributed by atoms with Gasteiger partial charge in [0.1, 0.15) is 0 Å². The third-order valence-electron chi connectivity index (χ3n) is 4.59. The summed E-state index contributed by atoms with van der Waals surface area (Å²) in [4.78, 5) is 30.5. The fourth-order valence-electron chi connectivity index (χ4n) is 3.26. The van der Waals surface area contributed by atoms with Crippen LogP contribution in [0.15, 0.2) is 72.8 Å². The molecule has 0 atom stereocenters. The number of fused-ring (bicyclic) bond motifs is 1. The van der Waals surface area contributed by atoms with E-state index in [0.717, 1.165) is 16.0 Å². The van der Waals surface area contributed by atoms with Crippen LogP contribution in [0.25, 0.3) is 11.0 Å². The van der Waals surface area contributed by atoms with Gasteiger partial charge in [-0.15, -0.1) is 0 Å². The van der Waals surface area contributed by atoms with Gasteiger partial charge in [0, 0.05) is 0 Å². The zero-order valence-electron chi connectivity index (χ0n) is 15.6. The van der Waals surface area contributed by atoms with Gasteiger partial charge in [0.15, 0.2) is 0 Å². The molecule has 1 heterocycles. The first-order chi connectivity index (χ1) is 14.5. The first kappa shape index (κ1) is 19.9. The van der Waals surface area contributed by atoms with Crippen LogP contribution in [0.1, 0.15) is 5.56 Å². The molecule has 6 nitrogen and oxygen atoms in total. The zero-order valence-corrected chi connectivity index (χ0v) is 17.1. The van der Waals surface area contributed by atoms with Crippen molar-refractivity contribution in [3.8, 4) is 0 Å². The highest BCUT2D eigenvalue weighted by atomic mass is 35.5. The van der Waals surface area contributed by atoms with Crippen molar-refractivity contribution in [2.75, 3.05) is 4.90 Å². The topological polar surface area (TPSA) is 81.2 Å². The standard InChI is InChI=1S/C22H16Cl2N4O2/c23-15-9-6-10-16(24)19(15)28(21(30)20(25)29)22-26-17-11-4-5-12-18(17)27(22)13-14-7-2-1-3-8-14/h1-12H,13H2,(H2,25,29). The van der Waals surface area contributed by atoms with Crippen molar-refractivity contribution in [1.29, 1.82) is 0 Å². The number of hydrogen-bond acceptors (Lipinski definition) is 3. The molecule has 150 valence electrons. The highest BCUT2D eigenvalue weighted by Crippen LogP contribution is 2.39. The SMILES string of the molecule is NC(=O)C(=O)N(c1c(Cl)cccc1Cl)c1nc2ccccc2n1Cc1ccccc1. The van der Waals surface area contributed by atoms with Gasteiger partial charge in [-0.1, -0.05) is 71.7 Å². The lowest BCUT2D eigenvalue weighted by Crippen LogP contribution is -2.39. The van der Waals surface area contributed by atoms with Crippen molar-refractivity contribution in [1.82, 2.24) is 9.55 Å². The van der Waals surface area contributed by atoms with Gasteiger partial charge in [-0.25, -0.2) is 9.88 Å². The van der Waals surface area contributed by atoms with Crippen LogP contribution >= 0.6 is 23.2 Å². The molecule has 0 aliphatic carbocycles. The molecule has 1 aromatic heterocycles. The molecule has 0 saturated carbocycles. The van der Waals surface area contributed by atoms with Crippen LogP contribution in [0.4, 0.5) is 11.6 Å². The van der Waals surface area contributed by atoms with Crippen LogP contribution in [-0.2, 0) is 16.1 Å². The van der Waals surface area contributed by atoms with E-state index < -0.39 is 11.8 Å². The number of halogens is 2. The number of nitrogens with two attached hydrogens (primary N) is 1. The number of carbonyl (C=O) groups is 2. The predicted octanol–water partition coefficient (Wildman–Crippen LogP) is 4.54. The van der Waals surface area contributed by atoms with Crippen molar-refractivity contribution >= 4 is 57.7 Å².